The minimum absolute atomic E-state index is 0.286. The Morgan fingerprint density at radius 2 is 1.70 bits per heavy atom. The highest BCUT2D eigenvalue weighted by molar-refractivity contribution is 5.79. The highest BCUT2D eigenvalue weighted by Gasteiger charge is 2.27. The van der Waals surface area contributed by atoms with Crippen LogP contribution in [0.3, 0.4) is 0 Å². The van der Waals surface area contributed by atoms with E-state index >= 15 is 0 Å². The third-order valence-electron chi connectivity index (χ3n) is 5.28. The topological polar surface area (TPSA) is 86.5 Å². The van der Waals surface area contributed by atoms with Gasteiger partial charge in [0, 0.05) is 11.3 Å². The van der Waals surface area contributed by atoms with E-state index in [2.05, 4.69) is 41.4 Å². The normalized spacial score (nSPS) is 15.4. The molecule has 0 aliphatic heterocycles. The summed E-state index contributed by atoms with van der Waals surface area (Å²) in [6.07, 6.45) is 2.69. The number of nitriles is 2. The van der Waals surface area contributed by atoms with Gasteiger partial charge < -0.3 is 5.73 Å². The van der Waals surface area contributed by atoms with Crippen molar-refractivity contribution >= 4 is 5.82 Å². The minimum atomic E-state index is 0.286. The number of hydrogen-bond acceptors (Lipinski definition) is 4. The summed E-state index contributed by atoms with van der Waals surface area (Å²) in [5.74, 6) is 0.682. The lowest BCUT2D eigenvalue weighted by Crippen LogP contribution is -2.17. The summed E-state index contributed by atoms with van der Waals surface area (Å²) >= 11 is 0. The number of nitrogens with zero attached hydrogens (tertiary/aromatic N) is 3. The van der Waals surface area contributed by atoms with Crippen LogP contribution >= 0.6 is 0 Å². The van der Waals surface area contributed by atoms with Gasteiger partial charge in [-0.25, -0.2) is 4.98 Å². The molecule has 130 valence electrons. The number of aryl methyl sites for hydroxylation is 1. The molecule has 0 amide bonds. The lowest BCUT2D eigenvalue weighted by molar-refractivity contribution is 0.576. The van der Waals surface area contributed by atoms with Gasteiger partial charge in [0.15, 0.2) is 0 Å². The summed E-state index contributed by atoms with van der Waals surface area (Å²) in [6.45, 7) is 0. The zero-order valence-electron chi connectivity index (χ0n) is 14.8. The van der Waals surface area contributed by atoms with Crippen molar-refractivity contribution < 1.29 is 0 Å². The van der Waals surface area contributed by atoms with Crippen LogP contribution in [-0.2, 0) is 12.8 Å². The summed E-state index contributed by atoms with van der Waals surface area (Å²) in [6, 6.07) is 22.2. The van der Waals surface area contributed by atoms with Crippen molar-refractivity contribution in [3.05, 3.63) is 82.5 Å². The first-order valence-corrected chi connectivity index (χ1v) is 8.98. The number of pyridine rings is 1. The van der Waals surface area contributed by atoms with Crippen LogP contribution in [0.5, 0.6) is 0 Å². The Morgan fingerprint density at radius 3 is 2.37 bits per heavy atom. The standard InChI is InChI=1S/C23H18N4/c24-13-15-6-8-17(9-7-15)22-19-12-18(16-4-2-1-3-5-16)10-11-21(19)27-23(26)20(22)14-25/h1-9,18H,10-12H2,(H2,26,27). The number of aromatic nitrogens is 1. The van der Waals surface area contributed by atoms with Gasteiger partial charge in [-0.1, -0.05) is 42.5 Å². The van der Waals surface area contributed by atoms with Crippen LogP contribution in [0.4, 0.5) is 5.82 Å². The molecule has 1 unspecified atom stereocenters. The zero-order chi connectivity index (χ0) is 18.8. The summed E-state index contributed by atoms with van der Waals surface area (Å²) in [7, 11) is 0. The fraction of sp³-hybridized carbons (Fsp3) is 0.174. The van der Waals surface area contributed by atoms with Gasteiger partial charge in [-0.2, -0.15) is 10.5 Å². The smallest absolute Gasteiger partial charge is 0.142 e. The number of hydrogen-bond donors (Lipinski definition) is 1. The summed E-state index contributed by atoms with van der Waals surface area (Å²) in [5.41, 5.74) is 12.3. The Morgan fingerprint density at radius 1 is 0.963 bits per heavy atom. The van der Waals surface area contributed by atoms with Crippen molar-refractivity contribution in [2.45, 2.75) is 25.2 Å². The SMILES string of the molecule is N#Cc1ccc(-c2c(C#N)c(N)nc3c2CC(c2ccccc2)CC3)cc1. The van der Waals surface area contributed by atoms with E-state index in [0.717, 1.165) is 41.6 Å². The van der Waals surface area contributed by atoms with E-state index in [1.807, 2.05) is 18.2 Å². The monoisotopic (exact) mass is 350 g/mol. The molecule has 0 saturated carbocycles. The molecule has 1 aliphatic carbocycles. The van der Waals surface area contributed by atoms with E-state index < -0.39 is 0 Å². The Labute approximate surface area is 158 Å². The highest BCUT2D eigenvalue weighted by atomic mass is 14.9. The predicted octanol–water partition coefficient (Wildman–Crippen LogP) is 4.35. The van der Waals surface area contributed by atoms with E-state index in [-0.39, 0.29) is 5.82 Å². The average molecular weight is 350 g/mol. The Balaban J connectivity index is 1.87. The molecule has 0 spiro atoms. The quantitative estimate of drug-likeness (QED) is 0.744. The third-order valence-corrected chi connectivity index (χ3v) is 5.28. The molecule has 4 nitrogen and oxygen atoms in total. The lowest BCUT2D eigenvalue weighted by Gasteiger charge is -2.27. The molecular weight excluding hydrogens is 332 g/mol. The molecular formula is C23H18N4. The molecule has 3 aromatic rings. The first-order valence-electron chi connectivity index (χ1n) is 8.98. The van der Waals surface area contributed by atoms with Gasteiger partial charge in [0.2, 0.25) is 0 Å². The van der Waals surface area contributed by atoms with Crippen molar-refractivity contribution in [1.82, 2.24) is 4.98 Å². The van der Waals surface area contributed by atoms with Crippen molar-refractivity contribution in [3.63, 3.8) is 0 Å². The highest BCUT2D eigenvalue weighted by Crippen LogP contribution is 2.40. The molecule has 2 N–H and O–H groups in total. The molecule has 0 fully saturated rings. The maximum Gasteiger partial charge on any atom is 0.142 e. The molecule has 0 saturated heterocycles. The van der Waals surface area contributed by atoms with Crippen LogP contribution in [0.15, 0.2) is 54.6 Å². The fourth-order valence-electron chi connectivity index (χ4n) is 3.93. The van der Waals surface area contributed by atoms with E-state index in [0.29, 0.717) is 17.0 Å². The summed E-state index contributed by atoms with van der Waals surface area (Å²) in [5, 5.41) is 18.8. The molecule has 1 heterocycles. The lowest BCUT2D eigenvalue weighted by atomic mass is 9.78. The van der Waals surface area contributed by atoms with Gasteiger partial charge in [-0.15, -0.1) is 0 Å². The first-order chi connectivity index (χ1) is 13.2. The minimum Gasteiger partial charge on any atom is -0.383 e. The number of anilines is 1. The van der Waals surface area contributed by atoms with Gasteiger partial charge in [0.1, 0.15) is 17.5 Å². The van der Waals surface area contributed by atoms with Crippen molar-refractivity contribution in [1.29, 1.82) is 10.5 Å². The van der Waals surface area contributed by atoms with Crippen LogP contribution in [0.1, 0.15) is 40.3 Å². The van der Waals surface area contributed by atoms with Gasteiger partial charge >= 0.3 is 0 Å². The molecule has 0 bridgehead atoms. The van der Waals surface area contributed by atoms with E-state index in [4.69, 9.17) is 11.0 Å². The molecule has 0 radical (unpaired) electrons. The molecule has 1 aromatic heterocycles. The van der Waals surface area contributed by atoms with Crippen molar-refractivity contribution in [2.24, 2.45) is 0 Å². The maximum atomic E-state index is 9.72. The van der Waals surface area contributed by atoms with Gasteiger partial charge in [0.05, 0.1) is 11.6 Å². The number of nitrogen functional groups attached to an aromatic ring is 1. The first kappa shape index (κ1) is 16.8. The van der Waals surface area contributed by atoms with Crippen LogP contribution in [0.25, 0.3) is 11.1 Å². The van der Waals surface area contributed by atoms with Crippen molar-refractivity contribution in [3.8, 4) is 23.3 Å². The van der Waals surface area contributed by atoms with Crippen LogP contribution in [-0.4, -0.2) is 4.98 Å². The third kappa shape index (κ3) is 3.03. The predicted molar refractivity (Wildman–Crippen MR) is 105 cm³/mol. The largest absolute Gasteiger partial charge is 0.383 e. The fourth-order valence-corrected chi connectivity index (χ4v) is 3.93. The average Bonchev–Trinajstić information content (AvgIpc) is 2.73. The van der Waals surface area contributed by atoms with Crippen LogP contribution in [0.2, 0.25) is 0 Å². The Bertz CT molecular complexity index is 1070. The number of fused-ring (bicyclic) bond motifs is 1. The van der Waals surface area contributed by atoms with Gasteiger partial charge in [0.25, 0.3) is 0 Å². The van der Waals surface area contributed by atoms with E-state index in [1.54, 1.807) is 12.1 Å². The van der Waals surface area contributed by atoms with Crippen LogP contribution in [0, 0.1) is 22.7 Å². The number of nitrogens with two attached hydrogens (primary N) is 1. The molecule has 4 heteroatoms. The second-order valence-electron chi connectivity index (χ2n) is 6.82. The van der Waals surface area contributed by atoms with Gasteiger partial charge in [-0.3, -0.25) is 0 Å². The summed E-state index contributed by atoms with van der Waals surface area (Å²) < 4.78 is 0. The van der Waals surface area contributed by atoms with E-state index in [9.17, 15) is 5.26 Å². The number of rotatable bonds is 2. The van der Waals surface area contributed by atoms with E-state index in [1.165, 1.54) is 5.56 Å². The molecule has 27 heavy (non-hydrogen) atoms. The molecule has 4 rings (SSSR count). The maximum absolute atomic E-state index is 9.72. The Hall–Kier alpha value is -3.63. The Kier molecular flexibility index (Phi) is 4.32. The van der Waals surface area contributed by atoms with Crippen LogP contribution < -0.4 is 5.73 Å². The molecule has 1 atom stereocenters. The summed E-state index contributed by atoms with van der Waals surface area (Å²) in [4.78, 5) is 4.54. The zero-order valence-corrected chi connectivity index (χ0v) is 14.8. The second-order valence-corrected chi connectivity index (χ2v) is 6.82. The number of benzene rings is 2. The van der Waals surface area contributed by atoms with Crippen molar-refractivity contribution in [2.75, 3.05) is 5.73 Å². The van der Waals surface area contributed by atoms with Gasteiger partial charge in [-0.05, 0) is 54.0 Å². The molecule has 2 aromatic carbocycles. The molecule has 1 aliphatic rings. The second kappa shape index (κ2) is 6.94.